The molecule has 18 heavy (non-hydrogen) atoms. The molecule has 2 aromatic rings. The third kappa shape index (κ3) is 3.65. The van der Waals surface area contributed by atoms with Crippen LogP contribution in [-0.2, 0) is 6.42 Å². The number of hydrogen-bond donors (Lipinski definition) is 1. The number of carbonyl (C=O) groups is 1. The molecule has 1 heterocycles. The summed E-state index contributed by atoms with van der Waals surface area (Å²) in [5.74, 6) is -0.353. The maximum atomic E-state index is 12.9. The van der Waals surface area contributed by atoms with Crippen LogP contribution in [0.2, 0.25) is 0 Å². The highest BCUT2D eigenvalue weighted by molar-refractivity contribution is 9.11. The zero-order valence-corrected chi connectivity index (χ0v) is 11.9. The van der Waals surface area contributed by atoms with Crippen molar-refractivity contribution in [1.29, 1.82) is 0 Å². The van der Waals surface area contributed by atoms with Crippen molar-refractivity contribution in [2.24, 2.45) is 0 Å². The lowest BCUT2D eigenvalue weighted by molar-refractivity contribution is 0.0954. The predicted molar refractivity (Wildman–Crippen MR) is 74.5 cm³/mol. The van der Waals surface area contributed by atoms with Crippen molar-refractivity contribution in [2.45, 2.75) is 6.42 Å². The van der Waals surface area contributed by atoms with Gasteiger partial charge in [0.15, 0.2) is 0 Å². The highest BCUT2D eigenvalue weighted by Gasteiger charge is 2.06. The fourth-order valence-corrected chi connectivity index (χ4v) is 2.68. The van der Waals surface area contributed by atoms with Crippen LogP contribution < -0.4 is 5.32 Å². The van der Waals surface area contributed by atoms with Crippen LogP contribution in [0, 0.1) is 5.82 Å². The minimum absolute atomic E-state index is 0.103. The summed E-state index contributed by atoms with van der Waals surface area (Å²) in [7, 11) is 0. The Bertz CT molecular complexity index is 555. The molecule has 1 N–H and O–H groups in total. The molecule has 5 heteroatoms. The van der Waals surface area contributed by atoms with Crippen molar-refractivity contribution in [1.82, 2.24) is 5.32 Å². The molecular formula is C13H11BrFNOS. The van der Waals surface area contributed by atoms with Crippen LogP contribution in [0.15, 0.2) is 39.5 Å². The highest BCUT2D eigenvalue weighted by Crippen LogP contribution is 2.20. The van der Waals surface area contributed by atoms with Gasteiger partial charge in [-0.3, -0.25) is 4.79 Å². The number of carbonyl (C=O) groups excluding carboxylic acids is 1. The molecule has 0 spiro atoms. The number of benzene rings is 1. The van der Waals surface area contributed by atoms with E-state index >= 15 is 0 Å². The van der Waals surface area contributed by atoms with Crippen molar-refractivity contribution in [3.8, 4) is 0 Å². The molecular weight excluding hydrogens is 317 g/mol. The Labute approximate surface area is 117 Å². The first-order valence-corrected chi connectivity index (χ1v) is 7.09. The molecule has 0 saturated carbocycles. The van der Waals surface area contributed by atoms with Gasteiger partial charge < -0.3 is 5.32 Å². The Hall–Kier alpha value is -1.20. The van der Waals surface area contributed by atoms with E-state index in [0.29, 0.717) is 18.5 Å². The summed E-state index contributed by atoms with van der Waals surface area (Å²) < 4.78 is 13.9. The van der Waals surface area contributed by atoms with Crippen molar-refractivity contribution in [2.75, 3.05) is 6.54 Å². The third-order valence-corrected chi connectivity index (χ3v) is 3.92. The van der Waals surface area contributed by atoms with E-state index in [1.807, 2.05) is 6.07 Å². The van der Waals surface area contributed by atoms with Gasteiger partial charge in [0.1, 0.15) is 5.82 Å². The van der Waals surface area contributed by atoms with Crippen LogP contribution in [0.4, 0.5) is 4.39 Å². The number of rotatable bonds is 4. The largest absolute Gasteiger partial charge is 0.352 e. The minimum Gasteiger partial charge on any atom is -0.352 e. The number of amides is 1. The Balaban J connectivity index is 1.84. The molecule has 0 radical (unpaired) electrons. The first-order chi connectivity index (χ1) is 8.65. The molecule has 1 aromatic heterocycles. The molecule has 0 unspecified atom stereocenters. The van der Waals surface area contributed by atoms with Gasteiger partial charge in [-0.2, -0.15) is 0 Å². The smallest absolute Gasteiger partial charge is 0.252 e. The fourth-order valence-electron chi connectivity index (χ4n) is 1.54. The summed E-state index contributed by atoms with van der Waals surface area (Å²) in [4.78, 5) is 11.7. The van der Waals surface area contributed by atoms with E-state index in [1.165, 1.54) is 23.5 Å². The molecule has 0 aliphatic carbocycles. The van der Waals surface area contributed by atoms with Crippen LogP contribution in [0.3, 0.4) is 0 Å². The second-order valence-electron chi connectivity index (χ2n) is 3.78. The summed E-state index contributed by atoms with van der Waals surface area (Å²) in [6.07, 6.45) is 0.620. The molecule has 1 amide bonds. The maximum absolute atomic E-state index is 12.9. The molecule has 94 valence electrons. The van der Waals surface area contributed by atoms with E-state index in [2.05, 4.69) is 21.2 Å². The van der Waals surface area contributed by atoms with Crippen molar-refractivity contribution in [3.63, 3.8) is 0 Å². The van der Waals surface area contributed by atoms with E-state index < -0.39 is 0 Å². The Morgan fingerprint density at radius 3 is 2.89 bits per heavy atom. The van der Waals surface area contributed by atoms with Crippen molar-refractivity contribution in [3.05, 3.63) is 56.4 Å². The van der Waals surface area contributed by atoms with E-state index in [-0.39, 0.29) is 11.7 Å². The monoisotopic (exact) mass is 327 g/mol. The van der Waals surface area contributed by atoms with Gasteiger partial charge in [0.2, 0.25) is 0 Å². The molecule has 0 fully saturated rings. The Morgan fingerprint density at radius 2 is 2.22 bits per heavy atom. The lowest BCUT2D eigenvalue weighted by atomic mass is 10.1. The number of halogens is 2. The van der Waals surface area contributed by atoms with Crippen LogP contribution >= 0.6 is 27.3 Å². The second-order valence-corrected chi connectivity index (χ2v) is 6.07. The van der Waals surface area contributed by atoms with E-state index in [1.54, 1.807) is 17.5 Å². The summed E-state index contributed by atoms with van der Waals surface area (Å²) in [5, 5.41) is 4.60. The first kappa shape index (κ1) is 13.2. The van der Waals surface area contributed by atoms with Crippen molar-refractivity contribution < 1.29 is 9.18 Å². The lowest BCUT2D eigenvalue weighted by Crippen LogP contribution is -2.25. The normalized spacial score (nSPS) is 10.3. The van der Waals surface area contributed by atoms with Crippen LogP contribution in [0.25, 0.3) is 0 Å². The first-order valence-electron chi connectivity index (χ1n) is 5.42. The summed E-state index contributed by atoms with van der Waals surface area (Å²) >= 11 is 4.78. The van der Waals surface area contributed by atoms with Crippen LogP contribution in [0.5, 0.6) is 0 Å². The zero-order valence-electron chi connectivity index (χ0n) is 9.45. The van der Waals surface area contributed by atoms with Gasteiger partial charge in [0, 0.05) is 11.9 Å². The average molecular weight is 328 g/mol. The Kier molecular flexibility index (Phi) is 4.49. The van der Waals surface area contributed by atoms with Crippen molar-refractivity contribution >= 4 is 33.2 Å². The lowest BCUT2D eigenvalue weighted by Gasteiger charge is -2.04. The van der Waals surface area contributed by atoms with E-state index in [0.717, 1.165) is 9.35 Å². The summed E-state index contributed by atoms with van der Waals surface area (Å²) in [5.41, 5.74) is 1.52. The van der Waals surface area contributed by atoms with Crippen LogP contribution in [-0.4, -0.2) is 12.5 Å². The SMILES string of the molecule is O=C(NCCc1cccc(F)c1)c1csc(Br)c1. The zero-order chi connectivity index (χ0) is 13.0. The standard InChI is InChI=1S/C13H11BrFNOS/c14-12-7-10(8-18-12)13(17)16-5-4-9-2-1-3-11(15)6-9/h1-3,6-8H,4-5H2,(H,16,17). The summed E-state index contributed by atoms with van der Waals surface area (Å²) in [6.45, 7) is 0.496. The number of hydrogen-bond acceptors (Lipinski definition) is 2. The molecule has 0 bridgehead atoms. The van der Waals surface area contributed by atoms with Gasteiger partial charge in [0.25, 0.3) is 5.91 Å². The highest BCUT2D eigenvalue weighted by atomic mass is 79.9. The molecule has 1 aromatic carbocycles. The summed E-state index contributed by atoms with van der Waals surface area (Å²) in [6, 6.07) is 8.18. The van der Waals surface area contributed by atoms with Gasteiger partial charge in [-0.05, 0) is 46.1 Å². The predicted octanol–water partition coefficient (Wildman–Crippen LogP) is 3.62. The van der Waals surface area contributed by atoms with Gasteiger partial charge >= 0.3 is 0 Å². The Morgan fingerprint density at radius 1 is 1.39 bits per heavy atom. The molecule has 2 rings (SSSR count). The van der Waals surface area contributed by atoms with Crippen LogP contribution in [0.1, 0.15) is 15.9 Å². The van der Waals surface area contributed by atoms with Gasteiger partial charge in [0.05, 0.1) is 9.35 Å². The quantitative estimate of drug-likeness (QED) is 0.912. The van der Waals surface area contributed by atoms with Gasteiger partial charge in [-0.1, -0.05) is 12.1 Å². The number of nitrogens with one attached hydrogen (secondary N) is 1. The molecule has 2 nitrogen and oxygen atoms in total. The van der Waals surface area contributed by atoms with E-state index in [9.17, 15) is 9.18 Å². The fraction of sp³-hybridized carbons (Fsp3) is 0.154. The molecule has 0 atom stereocenters. The number of thiophene rings is 1. The minimum atomic E-state index is -0.249. The van der Waals surface area contributed by atoms with E-state index in [4.69, 9.17) is 0 Å². The molecule has 0 aliphatic heterocycles. The average Bonchev–Trinajstić information content (AvgIpc) is 2.76. The topological polar surface area (TPSA) is 29.1 Å². The third-order valence-electron chi connectivity index (χ3n) is 2.42. The van der Waals surface area contributed by atoms with Gasteiger partial charge in [-0.15, -0.1) is 11.3 Å². The molecule has 0 saturated heterocycles. The second kappa shape index (κ2) is 6.11. The van der Waals surface area contributed by atoms with Gasteiger partial charge in [-0.25, -0.2) is 4.39 Å². The maximum Gasteiger partial charge on any atom is 0.252 e. The molecule has 0 aliphatic rings.